The normalized spacial score (nSPS) is 16.5. The molecule has 1 fully saturated rings. The molecule has 1 atom stereocenters. The maximum Gasteiger partial charge on any atom is 0.233 e. The predicted octanol–water partition coefficient (Wildman–Crippen LogP) is 4.85. The molecule has 6 heteroatoms. The van der Waals surface area contributed by atoms with Crippen molar-refractivity contribution in [3.63, 3.8) is 0 Å². The molecule has 1 aliphatic rings. The van der Waals surface area contributed by atoms with E-state index in [9.17, 15) is 4.79 Å². The van der Waals surface area contributed by atoms with Crippen LogP contribution in [0.5, 0.6) is 0 Å². The van der Waals surface area contributed by atoms with Gasteiger partial charge in [-0.25, -0.2) is 0 Å². The van der Waals surface area contributed by atoms with Crippen molar-refractivity contribution in [3.05, 3.63) is 71.5 Å². The number of carbonyl (C=O) groups excluding carboxylic acids is 1. The predicted molar refractivity (Wildman–Crippen MR) is 126 cm³/mol. The minimum absolute atomic E-state index is 0.196. The number of hydrogen-bond acceptors (Lipinski definition) is 4. The summed E-state index contributed by atoms with van der Waals surface area (Å²) in [7, 11) is 0. The SMILES string of the molecule is Cc1cccc(-n2c(CCc3ccccc3)nnc2SCC(=O)N2CCCC[C@H]2C)c1. The Kier molecular flexibility index (Phi) is 7.07. The van der Waals surface area contributed by atoms with Gasteiger partial charge in [-0.2, -0.15) is 0 Å². The number of benzene rings is 2. The number of hydrogen-bond donors (Lipinski definition) is 0. The third-order valence-electron chi connectivity index (χ3n) is 5.89. The molecule has 3 aromatic rings. The number of nitrogens with zero attached hydrogens (tertiary/aromatic N) is 4. The van der Waals surface area contributed by atoms with E-state index in [-0.39, 0.29) is 5.91 Å². The molecule has 0 bridgehead atoms. The van der Waals surface area contributed by atoms with Crippen molar-refractivity contribution in [1.29, 1.82) is 0 Å². The van der Waals surface area contributed by atoms with Gasteiger partial charge in [-0.1, -0.05) is 54.2 Å². The number of aromatic nitrogens is 3. The summed E-state index contributed by atoms with van der Waals surface area (Å²) in [6.07, 6.45) is 5.11. The summed E-state index contributed by atoms with van der Waals surface area (Å²) < 4.78 is 2.12. The van der Waals surface area contributed by atoms with E-state index in [1.54, 1.807) is 0 Å². The molecule has 1 amide bonds. The number of rotatable bonds is 7. The first-order valence-corrected chi connectivity index (χ1v) is 12.1. The lowest BCUT2D eigenvalue weighted by atomic mass is 10.0. The Hall–Kier alpha value is -2.60. The lowest BCUT2D eigenvalue weighted by Gasteiger charge is -2.33. The Labute approximate surface area is 188 Å². The Balaban J connectivity index is 1.54. The van der Waals surface area contributed by atoms with E-state index in [0.717, 1.165) is 48.9 Å². The van der Waals surface area contributed by atoms with E-state index in [1.807, 2.05) is 11.0 Å². The maximum atomic E-state index is 12.8. The summed E-state index contributed by atoms with van der Waals surface area (Å²) in [4.78, 5) is 14.9. The van der Waals surface area contributed by atoms with Gasteiger partial charge in [0.05, 0.1) is 5.75 Å². The van der Waals surface area contributed by atoms with Crippen molar-refractivity contribution in [1.82, 2.24) is 19.7 Å². The minimum atomic E-state index is 0.196. The zero-order valence-corrected chi connectivity index (χ0v) is 19.1. The van der Waals surface area contributed by atoms with E-state index in [0.29, 0.717) is 11.8 Å². The molecule has 5 nitrogen and oxygen atoms in total. The molecule has 2 heterocycles. The molecule has 0 spiro atoms. The summed E-state index contributed by atoms with van der Waals surface area (Å²) in [6.45, 7) is 5.11. The third kappa shape index (κ3) is 5.37. The van der Waals surface area contributed by atoms with Gasteiger partial charge in [0.1, 0.15) is 5.82 Å². The summed E-state index contributed by atoms with van der Waals surface area (Å²) >= 11 is 1.49. The lowest BCUT2D eigenvalue weighted by Crippen LogP contribution is -2.42. The van der Waals surface area contributed by atoms with Gasteiger partial charge in [0.2, 0.25) is 5.91 Å². The third-order valence-corrected chi connectivity index (χ3v) is 6.80. The van der Waals surface area contributed by atoms with Gasteiger partial charge in [-0.05, 0) is 62.8 Å². The molecule has 1 aromatic heterocycles. The highest BCUT2D eigenvalue weighted by Crippen LogP contribution is 2.25. The number of amides is 1. The van der Waals surface area contributed by atoms with E-state index in [4.69, 9.17) is 0 Å². The zero-order valence-electron chi connectivity index (χ0n) is 18.3. The van der Waals surface area contributed by atoms with Crippen LogP contribution in [-0.4, -0.2) is 43.9 Å². The molecule has 0 aliphatic carbocycles. The molecule has 162 valence electrons. The van der Waals surface area contributed by atoms with Crippen molar-refractivity contribution in [2.45, 2.75) is 57.1 Å². The van der Waals surface area contributed by atoms with Crippen LogP contribution in [0, 0.1) is 6.92 Å². The van der Waals surface area contributed by atoms with Gasteiger partial charge in [0.25, 0.3) is 0 Å². The monoisotopic (exact) mass is 434 g/mol. The average Bonchev–Trinajstić information content (AvgIpc) is 3.20. The van der Waals surface area contributed by atoms with E-state index < -0.39 is 0 Å². The van der Waals surface area contributed by atoms with Crippen molar-refractivity contribution < 1.29 is 4.79 Å². The van der Waals surface area contributed by atoms with E-state index >= 15 is 0 Å². The quantitative estimate of drug-likeness (QED) is 0.499. The lowest BCUT2D eigenvalue weighted by molar-refractivity contribution is -0.131. The Bertz CT molecular complexity index is 1020. The molecular weight excluding hydrogens is 404 g/mol. The maximum absolute atomic E-state index is 12.8. The van der Waals surface area contributed by atoms with Crippen molar-refractivity contribution in [3.8, 4) is 5.69 Å². The van der Waals surface area contributed by atoms with Crippen LogP contribution in [0.15, 0.2) is 59.8 Å². The standard InChI is InChI=1S/C25H30N4OS/c1-19-9-8-13-22(17-19)29-23(15-14-21-11-4-3-5-12-21)26-27-25(29)31-18-24(30)28-16-7-6-10-20(28)2/h3-5,8-9,11-13,17,20H,6-7,10,14-16,18H2,1-2H3/t20-/m1/s1. The van der Waals surface area contributed by atoms with Crippen molar-refractivity contribution >= 4 is 17.7 Å². The molecule has 31 heavy (non-hydrogen) atoms. The summed E-state index contributed by atoms with van der Waals surface area (Å²) in [5, 5.41) is 9.77. The zero-order chi connectivity index (χ0) is 21.6. The second kappa shape index (κ2) is 10.1. The first kappa shape index (κ1) is 21.6. The number of carbonyl (C=O) groups is 1. The molecule has 2 aromatic carbocycles. The van der Waals surface area contributed by atoms with Crippen molar-refractivity contribution in [2.75, 3.05) is 12.3 Å². The highest BCUT2D eigenvalue weighted by atomic mass is 32.2. The van der Waals surface area contributed by atoms with Crippen LogP contribution in [-0.2, 0) is 17.6 Å². The van der Waals surface area contributed by atoms with Gasteiger partial charge >= 0.3 is 0 Å². The van der Waals surface area contributed by atoms with Crippen LogP contribution in [0.3, 0.4) is 0 Å². The van der Waals surface area contributed by atoms with Gasteiger partial charge in [0.15, 0.2) is 5.16 Å². The summed E-state index contributed by atoms with van der Waals surface area (Å²) in [6, 6.07) is 19.2. The Morgan fingerprint density at radius 3 is 2.68 bits per heavy atom. The molecule has 0 N–H and O–H groups in total. The first-order valence-electron chi connectivity index (χ1n) is 11.1. The molecule has 0 radical (unpaired) electrons. The smallest absolute Gasteiger partial charge is 0.233 e. The van der Waals surface area contributed by atoms with Crippen LogP contribution in [0.2, 0.25) is 0 Å². The second-order valence-electron chi connectivity index (χ2n) is 8.28. The summed E-state index contributed by atoms with van der Waals surface area (Å²) in [5.74, 6) is 1.52. The fourth-order valence-corrected chi connectivity index (χ4v) is 5.02. The number of aryl methyl sites for hydroxylation is 3. The molecule has 4 rings (SSSR count). The fraction of sp³-hybridized carbons (Fsp3) is 0.400. The fourth-order valence-electron chi connectivity index (χ4n) is 4.16. The van der Waals surface area contributed by atoms with Crippen LogP contribution < -0.4 is 0 Å². The Morgan fingerprint density at radius 1 is 1.06 bits per heavy atom. The van der Waals surface area contributed by atoms with E-state index in [2.05, 4.69) is 77.1 Å². The largest absolute Gasteiger partial charge is 0.339 e. The highest BCUT2D eigenvalue weighted by Gasteiger charge is 2.24. The number of likely N-dealkylation sites (tertiary alicyclic amines) is 1. The van der Waals surface area contributed by atoms with Crippen LogP contribution >= 0.6 is 11.8 Å². The topological polar surface area (TPSA) is 51.0 Å². The number of thioether (sulfide) groups is 1. The van der Waals surface area contributed by atoms with Gasteiger partial charge in [-0.3, -0.25) is 9.36 Å². The van der Waals surface area contributed by atoms with Crippen LogP contribution in [0.25, 0.3) is 5.69 Å². The highest BCUT2D eigenvalue weighted by molar-refractivity contribution is 7.99. The summed E-state index contributed by atoms with van der Waals surface area (Å²) in [5.41, 5.74) is 3.52. The van der Waals surface area contributed by atoms with Crippen LogP contribution in [0.4, 0.5) is 0 Å². The number of piperidine rings is 1. The average molecular weight is 435 g/mol. The van der Waals surface area contributed by atoms with Crippen molar-refractivity contribution in [2.24, 2.45) is 0 Å². The molecule has 1 aliphatic heterocycles. The minimum Gasteiger partial charge on any atom is -0.339 e. The van der Waals surface area contributed by atoms with Gasteiger partial charge < -0.3 is 4.90 Å². The molecular formula is C25H30N4OS. The van der Waals surface area contributed by atoms with Gasteiger partial charge in [0, 0.05) is 24.7 Å². The molecule has 0 saturated carbocycles. The van der Waals surface area contributed by atoms with E-state index in [1.165, 1.54) is 29.3 Å². The molecule has 0 unspecified atom stereocenters. The van der Waals surface area contributed by atoms with Crippen LogP contribution in [0.1, 0.15) is 43.1 Å². The van der Waals surface area contributed by atoms with Gasteiger partial charge in [-0.15, -0.1) is 10.2 Å². The second-order valence-corrected chi connectivity index (χ2v) is 9.22. The molecule has 1 saturated heterocycles. The Morgan fingerprint density at radius 2 is 1.90 bits per heavy atom. The first-order chi connectivity index (χ1) is 15.1.